The number of benzene rings is 1. The highest BCUT2D eigenvalue weighted by molar-refractivity contribution is 7.99. The summed E-state index contributed by atoms with van der Waals surface area (Å²) in [6, 6.07) is 6.66. The number of β-amino-alcohol motifs (C(OH)–C–C–N with tert-alkyl or cyclic N) is 1. The lowest BCUT2D eigenvalue weighted by Gasteiger charge is -2.34. The summed E-state index contributed by atoms with van der Waals surface area (Å²) in [7, 11) is -3.24. The molecule has 0 bridgehead atoms. The van der Waals surface area contributed by atoms with Gasteiger partial charge in [0.05, 0.1) is 24.7 Å². The van der Waals surface area contributed by atoms with Crippen LogP contribution in [0.15, 0.2) is 34.1 Å². The van der Waals surface area contributed by atoms with Gasteiger partial charge >= 0.3 is 19.5 Å². The Hall–Kier alpha value is -1.63. The molecule has 1 aliphatic heterocycles. The number of methoxy groups -OCH3 is 1. The third-order valence-electron chi connectivity index (χ3n) is 7.29. The Morgan fingerprint density at radius 3 is 2.13 bits per heavy atom. The Balaban J connectivity index is 2.18. The van der Waals surface area contributed by atoms with Gasteiger partial charge in [-0.05, 0) is 24.0 Å². The van der Waals surface area contributed by atoms with Crippen molar-refractivity contribution >= 4 is 41.3 Å². The average Bonchev–Trinajstić information content (AvgIpc) is 3.03. The molecule has 0 aromatic heterocycles. The van der Waals surface area contributed by atoms with Gasteiger partial charge in [-0.1, -0.05) is 13.0 Å². The maximum absolute atomic E-state index is 13.0. The average molecular weight is 712 g/mol. The zero-order valence-electron chi connectivity index (χ0n) is 27.5. The number of hydrogen-bond donors (Lipinski definition) is 2. The third kappa shape index (κ3) is 15.1. The lowest BCUT2D eigenvalue weighted by molar-refractivity contribution is -0.146. The molecule has 1 atom stereocenters. The largest absolute Gasteiger partial charge is 0.468 e. The number of aliphatic hydroxyl groups excluding tert-OH is 1. The Bertz CT molecular complexity index is 1240. The number of rotatable bonds is 16. The summed E-state index contributed by atoms with van der Waals surface area (Å²) < 4.78 is 61.9. The highest BCUT2D eigenvalue weighted by atomic mass is 32.2. The van der Waals surface area contributed by atoms with E-state index in [0.717, 1.165) is 10.6 Å². The Morgan fingerprint density at radius 1 is 0.978 bits per heavy atom. The monoisotopic (exact) mass is 711 g/mol. The van der Waals surface area contributed by atoms with Crippen molar-refractivity contribution in [2.75, 3.05) is 112 Å². The number of nitrogens with zero attached hydrogens (tertiary/aromatic N) is 4. The van der Waals surface area contributed by atoms with Crippen molar-refractivity contribution in [2.24, 2.45) is 0 Å². The van der Waals surface area contributed by atoms with E-state index in [2.05, 4.69) is 4.72 Å². The van der Waals surface area contributed by atoms with Crippen molar-refractivity contribution in [1.82, 2.24) is 24.3 Å². The second kappa shape index (κ2) is 20.7. The van der Waals surface area contributed by atoms with E-state index in [1.165, 1.54) is 46.1 Å². The van der Waals surface area contributed by atoms with Crippen LogP contribution in [0.1, 0.15) is 13.8 Å². The lowest BCUT2D eigenvalue weighted by Crippen LogP contribution is -2.49. The van der Waals surface area contributed by atoms with E-state index >= 15 is 0 Å². The number of carbonyl (C=O) groups is 2. The molecular weight excluding hydrogens is 661 g/mol. The number of nitrogens with one attached hydrogen (secondary N) is 1. The van der Waals surface area contributed by atoms with Gasteiger partial charge in [-0.15, -0.1) is 11.8 Å². The molecule has 15 nitrogen and oxygen atoms in total. The van der Waals surface area contributed by atoms with Gasteiger partial charge in [0.25, 0.3) is 0 Å². The summed E-state index contributed by atoms with van der Waals surface area (Å²) in [5, 5.41) is 10.9. The minimum absolute atomic E-state index is 0.0285. The zero-order chi connectivity index (χ0) is 34.2. The molecule has 1 fully saturated rings. The van der Waals surface area contributed by atoms with E-state index < -0.39 is 35.7 Å². The fourth-order valence-electron chi connectivity index (χ4n) is 4.60. The summed E-state index contributed by atoms with van der Waals surface area (Å²) >= 11 is 1.54. The van der Waals surface area contributed by atoms with Gasteiger partial charge in [-0.2, -0.15) is 0 Å². The lowest BCUT2D eigenvalue weighted by atomic mass is 10.3. The molecule has 1 saturated heterocycles. The van der Waals surface area contributed by atoms with Gasteiger partial charge < -0.3 is 23.6 Å². The van der Waals surface area contributed by atoms with Crippen LogP contribution in [0.2, 0.25) is 0 Å². The van der Waals surface area contributed by atoms with Gasteiger partial charge in [0.15, 0.2) is 0 Å². The topological polar surface area (TPSA) is 167 Å². The van der Waals surface area contributed by atoms with Crippen LogP contribution in [0.25, 0.3) is 0 Å². The molecule has 0 saturated carbocycles. The first-order chi connectivity index (χ1) is 21.8. The van der Waals surface area contributed by atoms with Gasteiger partial charge in [-0.25, -0.2) is 13.1 Å². The van der Waals surface area contributed by atoms with Crippen LogP contribution < -0.4 is 4.72 Å². The van der Waals surface area contributed by atoms with Gasteiger partial charge in [0, 0.05) is 91.5 Å². The van der Waals surface area contributed by atoms with Crippen molar-refractivity contribution in [3.05, 3.63) is 24.3 Å². The molecule has 0 spiro atoms. The second-order valence-corrected chi connectivity index (χ2v) is 16.0. The van der Waals surface area contributed by atoms with Gasteiger partial charge in [0.1, 0.15) is 13.0 Å². The molecular formula is C28H50N5O10PS2. The smallest absolute Gasteiger partial charge is 0.344 e. The van der Waals surface area contributed by atoms with E-state index in [-0.39, 0.29) is 37.5 Å². The van der Waals surface area contributed by atoms with Crippen LogP contribution in [-0.4, -0.2) is 163 Å². The summed E-state index contributed by atoms with van der Waals surface area (Å²) in [5.41, 5.74) is 0. The SMILES string of the molecule is CCSc1cccc(S(=O)(=O)NCC(O)CN2CCN(COC(C)=O)CCN(CP(=O)(OC)OC)CCN(CC(=O)OC)CC2)c1. The number of thioether (sulfide) groups is 1. The van der Waals surface area contributed by atoms with E-state index in [9.17, 15) is 27.7 Å². The Labute approximate surface area is 277 Å². The fourth-order valence-corrected chi connectivity index (χ4v) is 7.67. The maximum Gasteiger partial charge on any atom is 0.344 e. The van der Waals surface area contributed by atoms with Crippen LogP contribution >= 0.6 is 19.4 Å². The number of esters is 2. The molecule has 2 rings (SSSR count). The first-order valence-corrected chi connectivity index (χ1v) is 19.2. The van der Waals surface area contributed by atoms with E-state index in [4.69, 9.17) is 18.5 Å². The molecule has 1 aromatic rings. The molecule has 1 unspecified atom stereocenters. The van der Waals surface area contributed by atoms with E-state index in [1.807, 2.05) is 32.6 Å². The molecule has 1 heterocycles. The number of ether oxygens (including phenoxy) is 2. The number of hydrogen-bond acceptors (Lipinski definition) is 15. The normalized spacial score (nSPS) is 18.0. The molecule has 0 radical (unpaired) electrons. The van der Waals surface area contributed by atoms with Crippen LogP contribution in [0.3, 0.4) is 0 Å². The van der Waals surface area contributed by atoms with Crippen molar-refractivity contribution in [1.29, 1.82) is 0 Å². The van der Waals surface area contributed by atoms with Crippen LogP contribution in [0, 0.1) is 0 Å². The van der Waals surface area contributed by atoms with E-state index in [1.54, 1.807) is 12.1 Å². The van der Waals surface area contributed by atoms with Crippen molar-refractivity contribution in [2.45, 2.75) is 29.7 Å². The maximum atomic E-state index is 13.0. The molecule has 0 amide bonds. The minimum atomic E-state index is -3.84. The van der Waals surface area contributed by atoms with E-state index in [0.29, 0.717) is 52.4 Å². The summed E-state index contributed by atoms with van der Waals surface area (Å²) in [6.07, 6.45) is -0.997. The molecule has 18 heteroatoms. The quantitative estimate of drug-likeness (QED) is 0.140. The number of carbonyl (C=O) groups excluding carboxylic acids is 2. The first-order valence-electron chi connectivity index (χ1n) is 15.0. The highest BCUT2D eigenvalue weighted by Gasteiger charge is 2.27. The number of sulfonamides is 1. The summed E-state index contributed by atoms with van der Waals surface area (Å²) in [4.78, 5) is 32.5. The molecule has 46 heavy (non-hydrogen) atoms. The van der Waals surface area contributed by atoms with Crippen molar-refractivity contribution in [3.63, 3.8) is 0 Å². The first kappa shape index (κ1) is 40.5. The predicted octanol–water partition coefficient (Wildman–Crippen LogP) is 0.796. The number of aliphatic hydroxyl groups is 1. The molecule has 2 N–H and O–H groups in total. The van der Waals surface area contributed by atoms with Crippen molar-refractivity contribution in [3.8, 4) is 0 Å². The zero-order valence-corrected chi connectivity index (χ0v) is 30.0. The fraction of sp³-hybridized carbons (Fsp3) is 0.714. The minimum Gasteiger partial charge on any atom is -0.468 e. The van der Waals surface area contributed by atoms with Crippen LogP contribution in [0.4, 0.5) is 0 Å². The standard InChI is InChI=1S/C28H50N5O10PS2/c1-6-45-26-8-7-9-27(18-26)46(38,39)29-19-25(35)20-30-10-11-31(21-28(36)40-3)13-16-33(23-44(37,41-4)42-5)17-15-32(14-12-30)22-43-24(2)34/h7-9,18,25,29,35H,6,10-17,19-23H2,1-5H3. The summed E-state index contributed by atoms with van der Waals surface area (Å²) in [5.74, 6) is -0.0286. The molecule has 264 valence electrons. The third-order valence-corrected chi connectivity index (χ3v) is 11.5. The van der Waals surface area contributed by atoms with Gasteiger partial charge in [-0.3, -0.25) is 33.8 Å². The van der Waals surface area contributed by atoms with Crippen LogP contribution in [0.5, 0.6) is 0 Å². The Kier molecular flexibility index (Phi) is 18.2. The summed E-state index contributed by atoms with van der Waals surface area (Å²) in [6.45, 7) is 6.84. The molecule has 1 aliphatic rings. The second-order valence-electron chi connectivity index (χ2n) is 10.7. The van der Waals surface area contributed by atoms with Crippen LogP contribution in [-0.2, 0) is 42.7 Å². The predicted molar refractivity (Wildman–Crippen MR) is 175 cm³/mol. The molecule has 0 aliphatic carbocycles. The Morgan fingerprint density at radius 2 is 1.57 bits per heavy atom. The highest BCUT2D eigenvalue weighted by Crippen LogP contribution is 2.46. The van der Waals surface area contributed by atoms with Gasteiger partial charge in [0.2, 0.25) is 10.0 Å². The van der Waals surface area contributed by atoms with Crippen molar-refractivity contribution < 1.29 is 46.2 Å². The molecule has 1 aromatic carbocycles.